The second kappa shape index (κ2) is 5.94. The van der Waals surface area contributed by atoms with Gasteiger partial charge in [0.2, 0.25) is 5.91 Å². The number of rotatable bonds is 5. The summed E-state index contributed by atoms with van der Waals surface area (Å²) in [5, 5.41) is 20.9. The van der Waals surface area contributed by atoms with Crippen molar-refractivity contribution in [3.8, 4) is 5.75 Å². The second-order valence-corrected chi connectivity index (χ2v) is 5.55. The largest absolute Gasteiger partial charge is 0.508 e. The molecule has 0 aromatic heterocycles. The molecule has 20 heavy (non-hydrogen) atoms. The van der Waals surface area contributed by atoms with E-state index in [2.05, 4.69) is 5.32 Å². The average Bonchev–Trinajstić information content (AvgIpc) is 2.79. The Morgan fingerprint density at radius 1 is 1.10 bits per heavy atom. The summed E-state index contributed by atoms with van der Waals surface area (Å²) in [4.78, 5) is 23.1. The standard InChI is InChI=1S/C15H19NO4/c17-12-5-3-11(4-6-12)16-13(18)9-15(10-14(19)20)7-1-2-8-15/h3-6,17H,1-2,7-10H2,(H,16,18)(H,19,20). The SMILES string of the molecule is O=C(O)CC1(CC(=O)Nc2ccc(O)cc2)CCCC1. The highest BCUT2D eigenvalue weighted by Crippen LogP contribution is 2.44. The Morgan fingerprint density at radius 3 is 2.25 bits per heavy atom. The lowest BCUT2D eigenvalue weighted by Crippen LogP contribution is -2.27. The predicted octanol–water partition coefficient (Wildman–Crippen LogP) is 2.76. The first-order chi connectivity index (χ1) is 9.49. The number of carboxylic acid groups (broad SMARTS) is 1. The number of hydrogen-bond acceptors (Lipinski definition) is 3. The van der Waals surface area contributed by atoms with E-state index in [-0.39, 0.29) is 24.5 Å². The number of amides is 1. The molecule has 1 amide bonds. The Labute approximate surface area is 117 Å². The van der Waals surface area contributed by atoms with Gasteiger partial charge >= 0.3 is 5.97 Å². The van der Waals surface area contributed by atoms with E-state index >= 15 is 0 Å². The smallest absolute Gasteiger partial charge is 0.303 e. The number of phenols is 1. The monoisotopic (exact) mass is 277 g/mol. The quantitative estimate of drug-likeness (QED) is 0.722. The first kappa shape index (κ1) is 14.4. The first-order valence-electron chi connectivity index (χ1n) is 6.80. The van der Waals surface area contributed by atoms with Gasteiger partial charge in [0, 0.05) is 12.1 Å². The summed E-state index contributed by atoms with van der Waals surface area (Å²) in [6, 6.07) is 6.23. The molecule has 0 radical (unpaired) electrons. The van der Waals surface area contributed by atoms with Crippen LogP contribution in [0.3, 0.4) is 0 Å². The molecule has 1 aliphatic rings. The maximum absolute atomic E-state index is 12.1. The summed E-state index contributed by atoms with van der Waals surface area (Å²) < 4.78 is 0. The van der Waals surface area contributed by atoms with Crippen LogP contribution in [-0.2, 0) is 9.59 Å². The van der Waals surface area contributed by atoms with Gasteiger partial charge in [-0.05, 0) is 42.5 Å². The van der Waals surface area contributed by atoms with E-state index in [1.54, 1.807) is 12.1 Å². The molecule has 0 spiro atoms. The number of carboxylic acids is 1. The number of carbonyl (C=O) groups excluding carboxylic acids is 1. The second-order valence-electron chi connectivity index (χ2n) is 5.55. The predicted molar refractivity (Wildman–Crippen MR) is 74.5 cm³/mol. The Morgan fingerprint density at radius 2 is 1.70 bits per heavy atom. The van der Waals surface area contributed by atoms with Gasteiger partial charge in [0.25, 0.3) is 0 Å². The normalized spacial score (nSPS) is 16.8. The van der Waals surface area contributed by atoms with E-state index in [0.717, 1.165) is 25.7 Å². The molecule has 0 aliphatic heterocycles. The molecule has 5 heteroatoms. The highest BCUT2D eigenvalue weighted by molar-refractivity contribution is 5.91. The molecule has 0 atom stereocenters. The molecule has 0 bridgehead atoms. The zero-order valence-electron chi connectivity index (χ0n) is 11.3. The van der Waals surface area contributed by atoms with Crippen molar-refractivity contribution < 1.29 is 19.8 Å². The maximum Gasteiger partial charge on any atom is 0.303 e. The Bertz CT molecular complexity index is 489. The fourth-order valence-corrected chi connectivity index (χ4v) is 2.95. The molecule has 0 heterocycles. The van der Waals surface area contributed by atoms with Crippen LogP contribution in [0.1, 0.15) is 38.5 Å². The van der Waals surface area contributed by atoms with Gasteiger partial charge in [0.1, 0.15) is 5.75 Å². The van der Waals surface area contributed by atoms with Crippen LogP contribution in [-0.4, -0.2) is 22.1 Å². The van der Waals surface area contributed by atoms with E-state index in [1.807, 2.05) is 0 Å². The Hall–Kier alpha value is -2.04. The highest BCUT2D eigenvalue weighted by atomic mass is 16.4. The van der Waals surface area contributed by atoms with Crippen molar-refractivity contribution in [1.29, 1.82) is 0 Å². The molecule has 3 N–H and O–H groups in total. The Kier molecular flexibility index (Phi) is 4.27. The molecular formula is C15H19NO4. The van der Waals surface area contributed by atoms with Crippen LogP contribution in [0.15, 0.2) is 24.3 Å². The van der Waals surface area contributed by atoms with Crippen molar-refractivity contribution in [2.24, 2.45) is 5.41 Å². The number of aliphatic carboxylic acids is 1. The van der Waals surface area contributed by atoms with Gasteiger partial charge in [-0.25, -0.2) is 0 Å². The van der Waals surface area contributed by atoms with Crippen LogP contribution in [0.4, 0.5) is 5.69 Å². The minimum Gasteiger partial charge on any atom is -0.508 e. The summed E-state index contributed by atoms with van der Waals surface area (Å²) in [6.07, 6.45) is 3.85. The van der Waals surface area contributed by atoms with Crippen LogP contribution in [0.5, 0.6) is 5.75 Å². The maximum atomic E-state index is 12.1. The molecule has 0 unspecified atom stereocenters. The van der Waals surface area contributed by atoms with Gasteiger partial charge in [-0.1, -0.05) is 12.8 Å². The third-order valence-corrected chi connectivity index (χ3v) is 3.88. The van der Waals surface area contributed by atoms with Crippen molar-refractivity contribution >= 4 is 17.6 Å². The number of anilines is 1. The van der Waals surface area contributed by atoms with Crippen molar-refractivity contribution in [3.63, 3.8) is 0 Å². The third kappa shape index (κ3) is 3.73. The molecule has 2 rings (SSSR count). The molecule has 1 aliphatic carbocycles. The fourth-order valence-electron chi connectivity index (χ4n) is 2.95. The van der Waals surface area contributed by atoms with E-state index in [1.165, 1.54) is 12.1 Å². The minimum atomic E-state index is -0.843. The van der Waals surface area contributed by atoms with Crippen molar-refractivity contribution in [1.82, 2.24) is 0 Å². The van der Waals surface area contributed by atoms with Gasteiger partial charge in [0.15, 0.2) is 0 Å². The van der Waals surface area contributed by atoms with E-state index < -0.39 is 11.4 Å². The summed E-state index contributed by atoms with van der Waals surface area (Å²) >= 11 is 0. The molecule has 5 nitrogen and oxygen atoms in total. The van der Waals surface area contributed by atoms with Crippen molar-refractivity contribution in [2.75, 3.05) is 5.32 Å². The van der Waals surface area contributed by atoms with Crippen LogP contribution < -0.4 is 5.32 Å². The lowest BCUT2D eigenvalue weighted by Gasteiger charge is -2.26. The molecule has 1 aromatic carbocycles. The summed E-state index contributed by atoms with van der Waals surface area (Å²) in [6.45, 7) is 0. The van der Waals surface area contributed by atoms with E-state index in [4.69, 9.17) is 5.11 Å². The van der Waals surface area contributed by atoms with Crippen LogP contribution in [0, 0.1) is 5.41 Å². The van der Waals surface area contributed by atoms with Gasteiger partial charge < -0.3 is 15.5 Å². The zero-order valence-corrected chi connectivity index (χ0v) is 11.3. The highest BCUT2D eigenvalue weighted by Gasteiger charge is 2.37. The number of carbonyl (C=O) groups is 2. The van der Waals surface area contributed by atoms with Crippen molar-refractivity contribution in [2.45, 2.75) is 38.5 Å². The van der Waals surface area contributed by atoms with Gasteiger partial charge in [-0.3, -0.25) is 9.59 Å². The van der Waals surface area contributed by atoms with Gasteiger partial charge in [0.05, 0.1) is 6.42 Å². The number of benzene rings is 1. The van der Waals surface area contributed by atoms with E-state index in [0.29, 0.717) is 5.69 Å². The topological polar surface area (TPSA) is 86.6 Å². The molecule has 0 saturated heterocycles. The van der Waals surface area contributed by atoms with E-state index in [9.17, 15) is 14.7 Å². The number of nitrogens with one attached hydrogen (secondary N) is 1. The molecule has 1 fully saturated rings. The van der Waals surface area contributed by atoms with Crippen LogP contribution in [0.2, 0.25) is 0 Å². The number of hydrogen-bond donors (Lipinski definition) is 3. The third-order valence-electron chi connectivity index (χ3n) is 3.88. The molecule has 108 valence electrons. The first-order valence-corrected chi connectivity index (χ1v) is 6.80. The number of phenolic OH excluding ortho intramolecular Hbond substituents is 1. The zero-order chi connectivity index (χ0) is 14.6. The Balaban J connectivity index is 1.98. The molecular weight excluding hydrogens is 258 g/mol. The van der Waals surface area contributed by atoms with Gasteiger partial charge in [-0.2, -0.15) is 0 Å². The van der Waals surface area contributed by atoms with Crippen LogP contribution >= 0.6 is 0 Å². The lowest BCUT2D eigenvalue weighted by atomic mass is 9.79. The molecule has 1 saturated carbocycles. The average molecular weight is 277 g/mol. The fraction of sp³-hybridized carbons (Fsp3) is 0.467. The van der Waals surface area contributed by atoms with Gasteiger partial charge in [-0.15, -0.1) is 0 Å². The summed E-state index contributed by atoms with van der Waals surface area (Å²) in [7, 11) is 0. The lowest BCUT2D eigenvalue weighted by molar-refractivity contribution is -0.140. The molecule has 1 aromatic rings. The summed E-state index contributed by atoms with van der Waals surface area (Å²) in [5.74, 6) is -0.871. The van der Waals surface area contributed by atoms with Crippen LogP contribution in [0.25, 0.3) is 0 Å². The summed E-state index contributed by atoms with van der Waals surface area (Å²) in [5.41, 5.74) is 0.212. The van der Waals surface area contributed by atoms with Crippen molar-refractivity contribution in [3.05, 3.63) is 24.3 Å². The minimum absolute atomic E-state index is 0.0516. The number of aromatic hydroxyl groups is 1.